The van der Waals surface area contributed by atoms with Gasteiger partial charge in [-0.3, -0.25) is 4.79 Å². The predicted octanol–water partition coefficient (Wildman–Crippen LogP) is 4.13. The van der Waals surface area contributed by atoms with Gasteiger partial charge in [0.2, 0.25) is 0 Å². The molecule has 2 aromatic rings. The number of carbonyl (C=O) groups excluding carboxylic acids is 1. The van der Waals surface area contributed by atoms with Crippen LogP contribution >= 0.6 is 0 Å². The Labute approximate surface area is 113 Å². The van der Waals surface area contributed by atoms with Crippen molar-refractivity contribution >= 4 is 11.9 Å². The molecule has 1 aliphatic rings. The Bertz CT molecular complexity index is 693. The largest absolute Gasteiger partial charge is 0.289 e. The predicted molar refractivity (Wildman–Crippen MR) is 78.4 cm³/mol. The molecule has 0 spiro atoms. The van der Waals surface area contributed by atoms with E-state index in [0.29, 0.717) is 0 Å². The van der Waals surface area contributed by atoms with Gasteiger partial charge in [0, 0.05) is 17.6 Å². The number of fused-ring (bicyclic) bond motifs is 1. The Kier molecular flexibility index (Phi) is 2.83. The lowest BCUT2D eigenvalue weighted by molar-refractivity contribution is 0.104. The van der Waals surface area contributed by atoms with Gasteiger partial charge in [0.05, 0.1) is 0 Å². The van der Waals surface area contributed by atoms with Crippen molar-refractivity contribution in [2.75, 3.05) is 0 Å². The molecule has 0 fully saturated rings. The van der Waals surface area contributed by atoms with Crippen molar-refractivity contribution in [2.45, 2.75) is 20.3 Å². The smallest absolute Gasteiger partial charge is 0.189 e. The Morgan fingerprint density at radius 1 is 1.05 bits per heavy atom. The van der Waals surface area contributed by atoms with Crippen molar-refractivity contribution in [3.63, 3.8) is 0 Å². The highest BCUT2D eigenvalue weighted by atomic mass is 16.1. The molecule has 0 amide bonds. The van der Waals surface area contributed by atoms with E-state index in [9.17, 15) is 4.79 Å². The standard InChI is InChI=1S/C18H16O/c1-12-7-8-13(2)15(9-12)11-16-10-14-5-3-4-6-17(14)18(16)19/h3-9,11H,10H2,1-2H3. The number of rotatable bonds is 1. The van der Waals surface area contributed by atoms with Gasteiger partial charge in [-0.15, -0.1) is 0 Å². The number of allylic oxidation sites excluding steroid dienone is 1. The zero-order valence-electron chi connectivity index (χ0n) is 11.2. The maximum Gasteiger partial charge on any atom is 0.189 e. The van der Waals surface area contributed by atoms with Gasteiger partial charge in [-0.2, -0.15) is 0 Å². The van der Waals surface area contributed by atoms with Crippen LogP contribution in [-0.2, 0) is 6.42 Å². The van der Waals surface area contributed by atoms with E-state index in [2.05, 4.69) is 32.0 Å². The fourth-order valence-electron chi connectivity index (χ4n) is 2.57. The summed E-state index contributed by atoms with van der Waals surface area (Å²) in [4.78, 5) is 12.3. The summed E-state index contributed by atoms with van der Waals surface area (Å²) in [5, 5.41) is 0. The zero-order valence-corrected chi connectivity index (χ0v) is 11.2. The van der Waals surface area contributed by atoms with E-state index in [-0.39, 0.29) is 5.78 Å². The van der Waals surface area contributed by atoms with Crippen LogP contribution in [0.25, 0.3) is 6.08 Å². The summed E-state index contributed by atoms with van der Waals surface area (Å²) < 4.78 is 0. The molecule has 19 heavy (non-hydrogen) atoms. The van der Waals surface area contributed by atoms with Crippen LogP contribution in [0.2, 0.25) is 0 Å². The van der Waals surface area contributed by atoms with Crippen LogP contribution in [0, 0.1) is 13.8 Å². The number of hydrogen-bond donors (Lipinski definition) is 0. The average Bonchev–Trinajstić information content (AvgIpc) is 2.72. The lowest BCUT2D eigenvalue weighted by Gasteiger charge is -2.03. The van der Waals surface area contributed by atoms with Gasteiger partial charge in [0.15, 0.2) is 5.78 Å². The Balaban J connectivity index is 2.03. The van der Waals surface area contributed by atoms with Crippen LogP contribution in [0.4, 0.5) is 0 Å². The number of ketones is 1. The molecule has 94 valence electrons. The number of hydrogen-bond acceptors (Lipinski definition) is 1. The highest BCUT2D eigenvalue weighted by Crippen LogP contribution is 2.28. The summed E-state index contributed by atoms with van der Waals surface area (Å²) >= 11 is 0. The van der Waals surface area contributed by atoms with Crippen molar-refractivity contribution < 1.29 is 4.79 Å². The maximum absolute atomic E-state index is 12.3. The van der Waals surface area contributed by atoms with Crippen molar-refractivity contribution in [2.24, 2.45) is 0 Å². The molecule has 1 aliphatic carbocycles. The molecule has 1 nitrogen and oxygen atoms in total. The minimum atomic E-state index is 0.177. The molecule has 1 heteroatoms. The minimum Gasteiger partial charge on any atom is -0.289 e. The van der Waals surface area contributed by atoms with E-state index in [1.54, 1.807) is 0 Å². The van der Waals surface area contributed by atoms with Crippen molar-refractivity contribution in [1.82, 2.24) is 0 Å². The van der Waals surface area contributed by atoms with E-state index in [4.69, 9.17) is 0 Å². The van der Waals surface area contributed by atoms with Gasteiger partial charge in [-0.05, 0) is 36.6 Å². The molecule has 0 aromatic heterocycles. The fraction of sp³-hybridized carbons (Fsp3) is 0.167. The topological polar surface area (TPSA) is 17.1 Å². The third-order valence-electron chi connectivity index (χ3n) is 3.70. The van der Waals surface area contributed by atoms with E-state index >= 15 is 0 Å². The highest BCUT2D eigenvalue weighted by Gasteiger charge is 2.23. The number of Topliss-reactive ketones (excluding diaryl/α,β-unsaturated/α-hetero) is 1. The Morgan fingerprint density at radius 2 is 1.84 bits per heavy atom. The quantitative estimate of drug-likeness (QED) is 0.694. The van der Waals surface area contributed by atoms with Crippen LogP contribution in [0.15, 0.2) is 48.0 Å². The molecular weight excluding hydrogens is 232 g/mol. The van der Waals surface area contributed by atoms with Gasteiger partial charge in [-0.25, -0.2) is 0 Å². The molecule has 0 heterocycles. The lowest BCUT2D eigenvalue weighted by Crippen LogP contribution is -1.95. The summed E-state index contributed by atoms with van der Waals surface area (Å²) in [6, 6.07) is 14.2. The third-order valence-corrected chi connectivity index (χ3v) is 3.70. The molecule has 0 saturated heterocycles. The molecule has 0 unspecified atom stereocenters. The lowest BCUT2D eigenvalue weighted by atomic mass is 10.0. The summed E-state index contributed by atoms with van der Waals surface area (Å²) in [5.41, 5.74) is 6.48. The SMILES string of the molecule is Cc1ccc(C)c(C=C2Cc3ccccc3C2=O)c1. The highest BCUT2D eigenvalue weighted by molar-refractivity contribution is 6.15. The van der Waals surface area contributed by atoms with Crippen molar-refractivity contribution in [1.29, 1.82) is 0 Å². The first-order valence-corrected chi connectivity index (χ1v) is 6.55. The van der Waals surface area contributed by atoms with Crippen LogP contribution < -0.4 is 0 Å². The van der Waals surface area contributed by atoms with Gasteiger partial charge in [-0.1, -0.05) is 48.0 Å². The summed E-state index contributed by atoms with van der Waals surface area (Å²) in [6.07, 6.45) is 2.80. The van der Waals surface area contributed by atoms with E-state index in [0.717, 1.165) is 28.7 Å². The minimum absolute atomic E-state index is 0.177. The summed E-state index contributed by atoms with van der Waals surface area (Å²) in [7, 11) is 0. The van der Waals surface area contributed by atoms with Crippen LogP contribution in [0.5, 0.6) is 0 Å². The normalized spacial score (nSPS) is 15.9. The second kappa shape index (κ2) is 4.51. The number of benzene rings is 2. The molecule has 0 saturated carbocycles. The molecule has 2 aromatic carbocycles. The van der Waals surface area contributed by atoms with Crippen molar-refractivity contribution in [3.05, 3.63) is 75.9 Å². The van der Waals surface area contributed by atoms with Gasteiger partial charge in [0.25, 0.3) is 0 Å². The first-order chi connectivity index (χ1) is 9.15. The van der Waals surface area contributed by atoms with Gasteiger partial charge >= 0.3 is 0 Å². The first kappa shape index (κ1) is 11.9. The molecule has 0 aliphatic heterocycles. The molecule has 0 radical (unpaired) electrons. The van der Waals surface area contributed by atoms with Crippen LogP contribution in [-0.4, -0.2) is 5.78 Å². The van der Waals surface area contributed by atoms with Gasteiger partial charge in [0.1, 0.15) is 0 Å². The Hall–Kier alpha value is -2.15. The Morgan fingerprint density at radius 3 is 2.63 bits per heavy atom. The summed E-state index contributed by atoms with van der Waals surface area (Å²) in [5.74, 6) is 0.177. The molecular formula is C18H16O. The maximum atomic E-state index is 12.3. The van der Waals surface area contributed by atoms with E-state index < -0.39 is 0 Å². The second-order valence-corrected chi connectivity index (χ2v) is 5.19. The first-order valence-electron chi connectivity index (χ1n) is 6.55. The molecule has 0 N–H and O–H groups in total. The molecule has 0 atom stereocenters. The number of aryl methyl sites for hydroxylation is 2. The van der Waals surface area contributed by atoms with Crippen molar-refractivity contribution in [3.8, 4) is 0 Å². The van der Waals surface area contributed by atoms with E-state index in [1.807, 2.05) is 30.3 Å². The van der Waals surface area contributed by atoms with Crippen LogP contribution in [0.1, 0.15) is 32.6 Å². The van der Waals surface area contributed by atoms with Gasteiger partial charge < -0.3 is 0 Å². The van der Waals surface area contributed by atoms with Crippen LogP contribution in [0.3, 0.4) is 0 Å². The monoisotopic (exact) mass is 248 g/mol. The second-order valence-electron chi connectivity index (χ2n) is 5.19. The molecule has 3 rings (SSSR count). The third kappa shape index (κ3) is 2.12. The zero-order chi connectivity index (χ0) is 13.4. The average molecular weight is 248 g/mol. The fourth-order valence-corrected chi connectivity index (χ4v) is 2.57. The van der Waals surface area contributed by atoms with E-state index in [1.165, 1.54) is 11.1 Å². The summed E-state index contributed by atoms with van der Waals surface area (Å²) in [6.45, 7) is 4.16. The number of carbonyl (C=O) groups is 1. The molecule has 0 bridgehead atoms.